The third-order valence-corrected chi connectivity index (χ3v) is 2.22. The van der Waals surface area contributed by atoms with Crippen LogP contribution in [0.1, 0.15) is 0 Å². The van der Waals surface area contributed by atoms with Crippen LogP contribution >= 0.6 is 0 Å². The number of hydrogen-bond acceptors (Lipinski definition) is 2. The van der Waals surface area contributed by atoms with Gasteiger partial charge in [-0.25, -0.2) is 9.18 Å². The van der Waals surface area contributed by atoms with Gasteiger partial charge in [-0.3, -0.25) is 0 Å². The highest BCUT2D eigenvalue weighted by atomic mass is 19.1. The summed E-state index contributed by atoms with van der Waals surface area (Å²) < 4.78 is 13.2. The van der Waals surface area contributed by atoms with Crippen molar-refractivity contribution in [3.8, 4) is 11.1 Å². The highest BCUT2D eigenvalue weighted by molar-refractivity contribution is 5.68. The molecule has 16 heavy (non-hydrogen) atoms. The highest BCUT2D eigenvalue weighted by Crippen LogP contribution is 2.26. The number of benzene rings is 2. The average molecular weight is 213 g/mol. The lowest BCUT2D eigenvalue weighted by Crippen LogP contribution is -1.80. The van der Waals surface area contributed by atoms with E-state index in [0.717, 1.165) is 11.1 Å². The van der Waals surface area contributed by atoms with Crippen molar-refractivity contribution in [2.75, 3.05) is 0 Å². The smallest absolute Gasteiger partial charge is 0.211 e. The summed E-state index contributed by atoms with van der Waals surface area (Å²) in [5.41, 5.74) is 1.78. The minimum absolute atomic E-state index is 0.0105. The van der Waals surface area contributed by atoms with E-state index in [2.05, 4.69) is 4.99 Å². The van der Waals surface area contributed by atoms with Crippen LogP contribution in [0.4, 0.5) is 10.1 Å². The van der Waals surface area contributed by atoms with Crippen molar-refractivity contribution in [3.05, 3.63) is 54.3 Å². The maximum Gasteiger partial charge on any atom is 0.240 e. The summed E-state index contributed by atoms with van der Waals surface area (Å²) in [6, 6.07) is 14.0. The van der Waals surface area contributed by atoms with Gasteiger partial charge in [-0.15, -0.1) is 0 Å². The molecular weight excluding hydrogens is 205 g/mol. The number of hydrogen-bond donors (Lipinski definition) is 0. The van der Waals surface area contributed by atoms with Gasteiger partial charge in [0.15, 0.2) is 0 Å². The van der Waals surface area contributed by atoms with E-state index in [0.29, 0.717) is 0 Å². The minimum Gasteiger partial charge on any atom is -0.211 e. The summed E-state index contributed by atoms with van der Waals surface area (Å²) in [6.07, 6.45) is 1.34. The van der Waals surface area contributed by atoms with Crippen molar-refractivity contribution in [1.29, 1.82) is 0 Å². The number of rotatable bonds is 2. The summed E-state index contributed by atoms with van der Waals surface area (Å²) >= 11 is 0. The van der Waals surface area contributed by atoms with E-state index in [-0.39, 0.29) is 5.69 Å². The first-order chi connectivity index (χ1) is 7.81. The van der Waals surface area contributed by atoms with Crippen LogP contribution in [-0.2, 0) is 4.79 Å². The molecule has 2 aromatic carbocycles. The molecule has 3 heteroatoms. The molecule has 2 aromatic rings. The van der Waals surface area contributed by atoms with E-state index in [4.69, 9.17) is 0 Å². The summed E-state index contributed by atoms with van der Waals surface area (Å²) in [6.45, 7) is 0. The quantitative estimate of drug-likeness (QED) is 0.554. The molecule has 0 unspecified atom stereocenters. The van der Waals surface area contributed by atoms with Crippen LogP contribution in [-0.4, -0.2) is 6.08 Å². The zero-order chi connectivity index (χ0) is 11.4. The molecule has 0 N–H and O–H groups in total. The Kier molecular flexibility index (Phi) is 2.90. The van der Waals surface area contributed by atoms with Crippen molar-refractivity contribution in [3.63, 3.8) is 0 Å². The molecule has 0 aliphatic heterocycles. The van der Waals surface area contributed by atoms with Crippen LogP contribution in [0.15, 0.2) is 53.5 Å². The molecule has 2 nitrogen and oxygen atoms in total. The molecule has 0 amide bonds. The fourth-order valence-corrected chi connectivity index (χ4v) is 1.46. The maximum absolute atomic E-state index is 13.2. The summed E-state index contributed by atoms with van der Waals surface area (Å²) in [5.74, 6) is -0.525. The molecule has 0 aromatic heterocycles. The van der Waals surface area contributed by atoms with E-state index in [9.17, 15) is 9.18 Å². The van der Waals surface area contributed by atoms with Gasteiger partial charge in [0.25, 0.3) is 0 Å². The van der Waals surface area contributed by atoms with E-state index >= 15 is 0 Å². The Labute approximate surface area is 92.1 Å². The molecule has 0 aliphatic carbocycles. The predicted octanol–water partition coefficient (Wildman–Crippen LogP) is 3.46. The normalized spacial score (nSPS) is 9.56. The Morgan fingerprint density at radius 1 is 1.00 bits per heavy atom. The second-order valence-corrected chi connectivity index (χ2v) is 3.24. The first-order valence-corrected chi connectivity index (χ1v) is 4.74. The molecule has 0 fully saturated rings. The molecule has 0 heterocycles. The fraction of sp³-hybridized carbons (Fsp3) is 0. The van der Waals surface area contributed by atoms with Gasteiger partial charge in [0.1, 0.15) is 11.5 Å². The van der Waals surface area contributed by atoms with Crippen LogP contribution < -0.4 is 0 Å². The van der Waals surface area contributed by atoms with Gasteiger partial charge >= 0.3 is 0 Å². The molecule has 78 valence electrons. The molecule has 0 radical (unpaired) electrons. The SMILES string of the molecule is O=C=Nc1cc(-c2ccccc2)ccc1F. The van der Waals surface area contributed by atoms with Gasteiger partial charge in [-0.1, -0.05) is 36.4 Å². The van der Waals surface area contributed by atoms with Gasteiger partial charge in [-0.2, -0.15) is 4.99 Å². The molecule has 0 saturated heterocycles. The number of halogens is 1. The van der Waals surface area contributed by atoms with Crippen LogP contribution in [0.25, 0.3) is 11.1 Å². The van der Waals surface area contributed by atoms with E-state index in [1.165, 1.54) is 18.2 Å². The monoisotopic (exact) mass is 213 g/mol. The van der Waals surface area contributed by atoms with Crippen molar-refractivity contribution in [2.45, 2.75) is 0 Å². The minimum atomic E-state index is -0.525. The van der Waals surface area contributed by atoms with E-state index in [1.54, 1.807) is 6.07 Å². The first-order valence-electron chi connectivity index (χ1n) is 4.74. The third kappa shape index (κ3) is 2.05. The second kappa shape index (κ2) is 4.51. The Balaban J connectivity index is 2.52. The van der Waals surface area contributed by atoms with Gasteiger partial charge in [-0.05, 0) is 23.3 Å². The topological polar surface area (TPSA) is 29.4 Å². The molecule has 2 rings (SSSR count). The Bertz CT molecular complexity index is 545. The summed E-state index contributed by atoms with van der Waals surface area (Å²) in [7, 11) is 0. The van der Waals surface area contributed by atoms with E-state index < -0.39 is 5.82 Å². The van der Waals surface area contributed by atoms with Gasteiger partial charge in [0, 0.05) is 0 Å². The molecule has 0 bridgehead atoms. The van der Waals surface area contributed by atoms with Gasteiger partial charge < -0.3 is 0 Å². The first kappa shape index (κ1) is 10.3. The van der Waals surface area contributed by atoms with Crippen molar-refractivity contribution >= 4 is 11.8 Å². The predicted molar refractivity (Wildman–Crippen MR) is 59.6 cm³/mol. The zero-order valence-corrected chi connectivity index (χ0v) is 8.35. The zero-order valence-electron chi connectivity index (χ0n) is 8.35. The fourth-order valence-electron chi connectivity index (χ4n) is 1.46. The van der Waals surface area contributed by atoms with Crippen molar-refractivity contribution in [1.82, 2.24) is 0 Å². The van der Waals surface area contributed by atoms with Crippen molar-refractivity contribution in [2.24, 2.45) is 4.99 Å². The molecule has 0 spiro atoms. The molecular formula is C13H8FNO. The van der Waals surface area contributed by atoms with Crippen LogP contribution in [0, 0.1) is 5.82 Å². The maximum atomic E-state index is 13.2. The number of nitrogens with zero attached hydrogens (tertiary/aromatic N) is 1. The Morgan fingerprint density at radius 3 is 2.44 bits per heavy atom. The third-order valence-electron chi connectivity index (χ3n) is 2.22. The van der Waals surface area contributed by atoms with Crippen molar-refractivity contribution < 1.29 is 9.18 Å². The summed E-state index contributed by atoms with van der Waals surface area (Å²) in [5, 5.41) is 0. The standard InChI is InChI=1S/C13H8FNO/c14-12-7-6-11(8-13(12)15-9-16)10-4-2-1-3-5-10/h1-8H. The number of aliphatic imine (C=N–C) groups is 1. The molecule has 0 aliphatic rings. The highest BCUT2D eigenvalue weighted by Gasteiger charge is 2.03. The lowest BCUT2D eigenvalue weighted by molar-refractivity contribution is 0.564. The van der Waals surface area contributed by atoms with Gasteiger partial charge in [0.2, 0.25) is 6.08 Å². The van der Waals surface area contributed by atoms with Crippen LogP contribution in [0.5, 0.6) is 0 Å². The Hall–Kier alpha value is -2.25. The second-order valence-electron chi connectivity index (χ2n) is 3.24. The lowest BCUT2D eigenvalue weighted by atomic mass is 10.1. The van der Waals surface area contributed by atoms with Crippen LogP contribution in [0.3, 0.4) is 0 Å². The largest absolute Gasteiger partial charge is 0.240 e. The molecule has 0 atom stereocenters. The average Bonchev–Trinajstić information content (AvgIpc) is 2.33. The van der Waals surface area contributed by atoms with E-state index in [1.807, 2.05) is 30.3 Å². The number of carbonyl (C=O) groups excluding carboxylic acids is 1. The molecule has 0 saturated carbocycles. The Morgan fingerprint density at radius 2 is 1.75 bits per heavy atom. The van der Waals surface area contributed by atoms with Crippen LogP contribution in [0.2, 0.25) is 0 Å². The number of isocyanates is 1. The van der Waals surface area contributed by atoms with Gasteiger partial charge in [0.05, 0.1) is 0 Å². The lowest BCUT2D eigenvalue weighted by Gasteiger charge is -2.02. The summed E-state index contributed by atoms with van der Waals surface area (Å²) in [4.78, 5) is 13.4.